The molecule has 1 amide bonds. The van der Waals surface area contributed by atoms with E-state index in [4.69, 9.17) is 0 Å². The highest BCUT2D eigenvalue weighted by atomic mass is 16.1. The Kier molecular flexibility index (Phi) is 6.22. The second-order valence-electron chi connectivity index (χ2n) is 8.14. The van der Waals surface area contributed by atoms with Crippen LogP contribution < -0.4 is 5.32 Å². The average Bonchev–Trinajstić information content (AvgIpc) is 3.15. The van der Waals surface area contributed by atoms with Gasteiger partial charge in [0.05, 0.1) is 0 Å². The lowest BCUT2D eigenvalue weighted by Gasteiger charge is -2.10. The minimum absolute atomic E-state index is 0.0970. The van der Waals surface area contributed by atoms with Crippen molar-refractivity contribution in [3.8, 4) is 11.1 Å². The van der Waals surface area contributed by atoms with Gasteiger partial charge in [-0.2, -0.15) is 0 Å². The van der Waals surface area contributed by atoms with E-state index in [1.165, 1.54) is 22.0 Å². The highest BCUT2D eigenvalue weighted by Crippen LogP contribution is 2.26. The largest absolute Gasteiger partial charge is 0.358 e. The summed E-state index contributed by atoms with van der Waals surface area (Å²) in [6, 6.07) is 21.3. The first kappa shape index (κ1) is 21.6. The van der Waals surface area contributed by atoms with Gasteiger partial charge in [0, 0.05) is 40.7 Å². The molecule has 1 heterocycles. The molecule has 1 aromatic heterocycles. The molecule has 0 saturated carbocycles. The molecule has 0 aliphatic carbocycles. The Hall–Kier alpha value is -3.66. The summed E-state index contributed by atoms with van der Waals surface area (Å²) in [5.74, 6) is -0.0142. The number of para-hydroxylation sites is 1. The van der Waals surface area contributed by atoms with Crippen LogP contribution in [0.5, 0.6) is 0 Å². The van der Waals surface area contributed by atoms with Crippen LogP contribution in [0.4, 0.5) is 0 Å². The first-order valence-corrected chi connectivity index (χ1v) is 11.1. The van der Waals surface area contributed by atoms with E-state index in [1.807, 2.05) is 55.5 Å². The number of ketones is 1. The Bertz CT molecular complexity index is 1300. The molecule has 2 N–H and O–H groups in total. The molecule has 4 rings (SSSR count). The Morgan fingerprint density at radius 3 is 2.53 bits per heavy atom. The van der Waals surface area contributed by atoms with E-state index < -0.39 is 0 Å². The van der Waals surface area contributed by atoms with Crippen LogP contribution in [-0.2, 0) is 6.42 Å². The minimum Gasteiger partial charge on any atom is -0.358 e. The van der Waals surface area contributed by atoms with Gasteiger partial charge >= 0.3 is 0 Å². The maximum atomic E-state index is 12.8. The van der Waals surface area contributed by atoms with E-state index in [0.717, 1.165) is 23.2 Å². The normalized spacial score (nSPS) is 11.0. The number of Topliss-reactive ketones (excluding diaryl/α,β-unsaturated/α-hetero) is 1. The molecular formula is C28H28N2O2. The molecule has 3 aromatic carbocycles. The van der Waals surface area contributed by atoms with E-state index in [2.05, 4.69) is 42.3 Å². The topological polar surface area (TPSA) is 62.0 Å². The van der Waals surface area contributed by atoms with E-state index in [0.29, 0.717) is 24.1 Å². The molecule has 162 valence electrons. The molecule has 0 bridgehead atoms. The Morgan fingerprint density at radius 2 is 1.72 bits per heavy atom. The molecule has 0 unspecified atom stereocenters. The average molecular weight is 425 g/mol. The lowest BCUT2D eigenvalue weighted by atomic mass is 9.95. The number of hydrogen-bond donors (Lipinski definition) is 2. The van der Waals surface area contributed by atoms with Crippen LogP contribution in [0.3, 0.4) is 0 Å². The van der Waals surface area contributed by atoms with Gasteiger partial charge in [-0.15, -0.1) is 0 Å². The molecule has 0 aliphatic rings. The van der Waals surface area contributed by atoms with Crippen LogP contribution in [0.1, 0.15) is 50.9 Å². The van der Waals surface area contributed by atoms with Crippen molar-refractivity contribution in [2.45, 2.75) is 33.6 Å². The lowest BCUT2D eigenvalue weighted by molar-refractivity contribution is 0.0952. The number of benzene rings is 3. The summed E-state index contributed by atoms with van der Waals surface area (Å²) in [5, 5.41) is 4.27. The highest BCUT2D eigenvalue weighted by Gasteiger charge is 2.14. The zero-order valence-corrected chi connectivity index (χ0v) is 18.8. The maximum Gasteiger partial charge on any atom is 0.251 e. The predicted molar refractivity (Wildman–Crippen MR) is 130 cm³/mol. The Balaban J connectivity index is 1.50. The van der Waals surface area contributed by atoms with Crippen LogP contribution in [-0.4, -0.2) is 23.2 Å². The fraction of sp³-hybridized carbons (Fsp3) is 0.214. The molecule has 4 heteroatoms. The third-order valence-electron chi connectivity index (χ3n) is 6.01. The van der Waals surface area contributed by atoms with Gasteiger partial charge in [0.1, 0.15) is 0 Å². The minimum atomic E-state index is -0.111. The second-order valence-corrected chi connectivity index (χ2v) is 8.14. The molecule has 0 saturated heterocycles. The van der Waals surface area contributed by atoms with Gasteiger partial charge in [-0.05, 0) is 54.7 Å². The van der Waals surface area contributed by atoms with Gasteiger partial charge in [-0.1, -0.05) is 61.5 Å². The second kappa shape index (κ2) is 9.23. The number of H-pyrrole nitrogens is 1. The van der Waals surface area contributed by atoms with Crippen LogP contribution in [0.2, 0.25) is 0 Å². The zero-order chi connectivity index (χ0) is 22.7. The summed E-state index contributed by atoms with van der Waals surface area (Å²) in [6.45, 7) is 6.59. The third kappa shape index (κ3) is 4.22. The van der Waals surface area contributed by atoms with Gasteiger partial charge in [0.25, 0.3) is 5.91 Å². The molecule has 0 atom stereocenters. The van der Waals surface area contributed by atoms with Gasteiger partial charge < -0.3 is 10.3 Å². The van der Waals surface area contributed by atoms with Crippen molar-refractivity contribution >= 4 is 22.6 Å². The molecule has 0 spiro atoms. The Morgan fingerprint density at radius 1 is 0.938 bits per heavy atom. The number of aryl methyl sites for hydroxylation is 2. The number of carbonyl (C=O) groups is 2. The van der Waals surface area contributed by atoms with Crippen LogP contribution in [0.25, 0.3) is 22.0 Å². The van der Waals surface area contributed by atoms with E-state index in [1.54, 1.807) is 0 Å². The third-order valence-corrected chi connectivity index (χ3v) is 6.01. The van der Waals surface area contributed by atoms with E-state index in [-0.39, 0.29) is 11.7 Å². The van der Waals surface area contributed by atoms with Crippen molar-refractivity contribution in [1.29, 1.82) is 0 Å². The molecule has 4 aromatic rings. The fourth-order valence-electron chi connectivity index (χ4n) is 4.27. The molecule has 0 fully saturated rings. The molecular weight excluding hydrogens is 396 g/mol. The van der Waals surface area contributed by atoms with Gasteiger partial charge in [0.2, 0.25) is 0 Å². The van der Waals surface area contributed by atoms with Crippen LogP contribution in [0, 0.1) is 13.8 Å². The zero-order valence-electron chi connectivity index (χ0n) is 18.8. The molecule has 0 radical (unpaired) electrons. The summed E-state index contributed by atoms with van der Waals surface area (Å²) in [4.78, 5) is 28.7. The summed E-state index contributed by atoms with van der Waals surface area (Å²) in [7, 11) is 0. The number of nitrogens with one attached hydrogen (secondary N) is 2. The van der Waals surface area contributed by atoms with Gasteiger partial charge in [0.15, 0.2) is 5.78 Å². The summed E-state index contributed by atoms with van der Waals surface area (Å²) in [5.41, 5.74) is 7.79. The van der Waals surface area contributed by atoms with Gasteiger partial charge in [-0.25, -0.2) is 0 Å². The number of hydrogen-bond acceptors (Lipinski definition) is 2. The number of amides is 1. The number of aromatic nitrogens is 1. The predicted octanol–water partition coefficient (Wildman–Crippen LogP) is 6.02. The quantitative estimate of drug-likeness (QED) is 0.357. The van der Waals surface area contributed by atoms with Crippen molar-refractivity contribution in [2.24, 2.45) is 0 Å². The lowest BCUT2D eigenvalue weighted by Crippen LogP contribution is -2.25. The monoisotopic (exact) mass is 424 g/mol. The van der Waals surface area contributed by atoms with Crippen molar-refractivity contribution < 1.29 is 9.59 Å². The number of rotatable bonds is 7. The summed E-state index contributed by atoms with van der Waals surface area (Å²) < 4.78 is 0. The molecule has 4 nitrogen and oxygen atoms in total. The summed E-state index contributed by atoms with van der Waals surface area (Å²) >= 11 is 0. The van der Waals surface area contributed by atoms with E-state index >= 15 is 0 Å². The van der Waals surface area contributed by atoms with Crippen molar-refractivity contribution in [2.75, 3.05) is 6.54 Å². The smallest absolute Gasteiger partial charge is 0.251 e. The summed E-state index contributed by atoms with van der Waals surface area (Å²) in [6.07, 6.45) is 1.21. The standard InChI is InChI=1S/C28H28N2O2/c1-4-26(31)24-13-6-5-12-23(24)20-10-8-11-21(17-20)28(32)29-16-15-22-19(3)30-27-18(2)9-7-14-25(22)27/h5-14,17,30H,4,15-16H2,1-3H3,(H,29,32). The number of fused-ring (bicyclic) bond motifs is 1. The molecule has 32 heavy (non-hydrogen) atoms. The highest BCUT2D eigenvalue weighted by molar-refractivity contribution is 6.03. The van der Waals surface area contributed by atoms with Gasteiger partial charge in [-0.3, -0.25) is 9.59 Å². The van der Waals surface area contributed by atoms with Crippen molar-refractivity contribution in [1.82, 2.24) is 10.3 Å². The fourth-order valence-corrected chi connectivity index (χ4v) is 4.27. The molecule has 0 aliphatic heterocycles. The van der Waals surface area contributed by atoms with Crippen LogP contribution >= 0.6 is 0 Å². The van der Waals surface area contributed by atoms with Crippen molar-refractivity contribution in [3.05, 3.63) is 94.7 Å². The first-order valence-electron chi connectivity index (χ1n) is 11.1. The number of aromatic amines is 1. The Labute approximate surface area is 188 Å². The van der Waals surface area contributed by atoms with Crippen molar-refractivity contribution in [3.63, 3.8) is 0 Å². The van der Waals surface area contributed by atoms with E-state index in [9.17, 15) is 9.59 Å². The van der Waals surface area contributed by atoms with Crippen LogP contribution in [0.15, 0.2) is 66.7 Å². The first-order chi connectivity index (χ1) is 15.5. The SMILES string of the molecule is CCC(=O)c1ccccc1-c1cccc(C(=O)NCCc2c(C)[nH]c3c(C)cccc23)c1. The number of carbonyl (C=O) groups excluding carboxylic acids is 2. The maximum absolute atomic E-state index is 12.8.